The molecule has 1 saturated carbocycles. The van der Waals surface area contributed by atoms with Crippen molar-refractivity contribution < 1.29 is 23.5 Å². The number of halogens is 2. The second kappa shape index (κ2) is 4.72. The predicted octanol–water partition coefficient (Wildman–Crippen LogP) is 1.30. The minimum atomic E-state index is -1.01. The molecule has 0 aromatic heterocycles. The molecule has 2 N–H and O–H groups in total. The van der Waals surface area contributed by atoms with Gasteiger partial charge in [0.1, 0.15) is 11.6 Å². The molecule has 18 heavy (non-hydrogen) atoms. The highest BCUT2D eigenvalue weighted by atomic mass is 19.1. The van der Waals surface area contributed by atoms with Crippen LogP contribution in [0.4, 0.5) is 8.78 Å². The molecule has 1 aliphatic rings. The van der Waals surface area contributed by atoms with E-state index in [1.54, 1.807) is 0 Å². The second-order valence-electron chi connectivity index (χ2n) is 4.24. The molecule has 2 atom stereocenters. The van der Waals surface area contributed by atoms with E-state index in [0.717, 1.165) is 18.2 Å². The number of benzene rings is 1. The van der Waals surface area contributed by atoms with Gasteiger partial charge in [0, 0.05) is 12.1 Å². The van der Waals surface area contributed by atoms with Gasteiger partial charge in [-0.05, 0) is 24.6 Å². The fraction of sp³-hybridized carbons (Fsp3) is 0.333. The van der Waals surface area contributed by atoms with Gasteiger partial charge in [0.25, 0.3) is 0 Å². The Balaban J connectivity index is 1.90. The first-order valence-corrected chi connectivity index (χ1v) is 5.43. The van der Waals surface area contributed by atoms with Gasteiger partial charge in [0.2, 0.25) is 5.91 Å². The van der Waals surface area contributed by atoms with E-state index in [1.165, 1.54) is 0 Å². The average molecular weight is 255 g/mol. The molecule has 96 valence electrons. The van der Waals surface area contributed by atoms with Crippen LogP contribution in [0, 0.1) is 23.5 Å². The van der Waals surface area contributed by atoms with Crippen LogP contribution in [0.2, 0.25) is 0 Å². The maximum Gasteiger partial charge on any atom is 0.307 e. The van der Waals surface area contributed by atoms with Gasteiger partial charge in [0.05, 0.1) is 11.8 Å². The number of hydrogen-bond acceptors (Lipinski definition) is 2. The van der Waals surface area contributed by atoms with Crippen LogP contribution < -0.4 is 5.32 Å². The molecule has 6 heteroatoms. The van der Waals surface area contributed by atoms with Crippen molar-refractivity contribution in [1.82, 2.24) is 5.32 Å². The number of nitrogens with one attached hydrogen (secondary N) is 1. The van der Waals surface area contributed by atoms with E-state index in [2.05, 4.69) is 5.32 Å². The minimum Gasteiger partial charge on any atom is -0.481 e. The summed E-state index contributed by atoms with van der Waals surface area (Å²) in [6.45, 7) is -0.148. The molecule has 0 bridgehead atoms. The zero-order valence-electron chi connectivity index (χ0n) is 9.32. The zero-order valence-corrected chi connectivity index (χ0v) is 9.32. The van der Waals surface area contributed by atoms with Crippen molar-refractivity contribution in [3.63, 3.8) is 0 Å². The topological polar surface area (TPSA) is 66.4 Å². The molecule has 1 aromatic carbocycles. The molecule has 4 nitrogen and oxygen atoms in total. The van der Waals surface area contributed by atoms with Crippen LogP contribution in [0.5, 0.6) is 0 Å². The summed E-state index contributed by atoms with van der Waals surface area (Å²) < 4.78 is 26.1. The van der Waals surface area contributed by atoms with Crippen LogP contribution in [-0.2, 0) is 16.1 Å². The molecule has 1 amide bonds. The first-order chi connectivity index (χ1) is 8.49. The molecule has 1 aliphatic carbocycles. The minimum absolute atomic E-state index is 0.0378. The van der Waals surface area contributed by atoms with Gasteiger partial charge >= 0.3 is 5.97 Å². The summed E-state index contributed by atoms with van der Waals surface area (Å²) in [5.41, 5.74) is 0.0378. The normalized spacial score (nSPS) is 21.4. The molecule has 0 radical (unpaired) electrons. The van der Waals surface area contributed by atoms with E-state index in [9.17, 15) is 18.4 Å². The number of rotatable bonds is 4. The third kappa shape index (κ3) is 2.64. The number of carbonyl (C=O) groups is 2. The van der Waals surface area contributed by atoms with Crippen LogP contribution in [0.15, 0.2) is 18.2 Å². The van der Waals surface area contributed by atoms with E-state index in [4.69, 9.17) is 5.11 Å². The van der Waals surface area contributed by atoms with Gasteiger partial charge in [-0.2, -0.15) is 0 Å². The molecule has 1 aromatic rings. The Labute approximate surface area is 102 Å². The smallest absolute Gasteiger partial charge is 0.307 e. The number of aliphatic carboxylic acids is 1. The van der Waals surface area contributed by atoms with E-state index >= 15 is 0 Å². The quantitative estimate of drug-likeness (QED) is 0.852. The summed E-state index contributed by atoms with van der Waals surface area (Å²) in [5.74, 6) is -3.85. The number of carbonyl (C=O) groups excluding carboxylic acids is 1. The highest BCUT2D eigenvalue weighted by molar-refractivity contribution is 5.89. The molecule has 1 fully saturated rings. The lowest BCUT2D eigenvalue weighted by atomic mass is 10.2. The van der Waals surface area contributed by atoms with E-state index < -0.39 is 35.3 Å². The van der Waals surface area contributed by atoms with Crippen LogP contribution in [0.1, 0.15) is 12.0 Å². The third-order valence-corrected chi connectivity index (χ3v) is 2.91. The highest BCUT2D eigenvalue weighted by Gasteiger charge is 2.48. The third-order valence-electron chi connectivity index (χ3n) is 2.91. The van der Waals surface area contributed by atoms with E-state index in [0.29, 0.717) is 6.42 Å². The van der Waals surface area contributed by atoms with Crippen molar-refractivity contribution in [2.75, 3.05) is 0 Å². The summed E-state index contributed by atoms with van der Waals surface area (Å²) in [6, 6.07) is 2.97. The molecular weight excluding hydrogens is 244 g/mol. The lowest BCUT2D eigenvalue weighted by molar-refractivity contribution is -0.140. The lowest BCUT2D eigenvalue weighted by Crippen LogP contribution is -2.26. The Kier molecular flexibility index (Phi) is 3.27. The highest BCUT2D eigenvalue weighted by Crippen LogP contribution is 2.38. The first kappa shape index (κ1) is 12.5. The van der Waals surface area contributed by atoms with Gasteiger partial charge in [0.15, 0.2) is 0 Å². The number of hydrogen-bond donors (Lipinski definition) is 2. The van der Waals surface area contributed by atoms with Gasteiger partial charge < -0.3 is 10.4 Å². The van der Waals surface area contributed by atoms with Crippen LogP contribution in [0.25, 0.3) is 0 Å². The Morgan fingerprint density at radius 3 is 2.67 bits per heavy atom. The van der Waals surface area contributed by atoms with Crippen molar-refractivity contribution in [3.05, 3.63) is 35.4 Å². The van der Waals surface area contributed by atoms with Crippen molar-refractivity contribution in [1.29, 1.82) is 0 Å². The Morgan fingerprint density at radius 2 is 2.06 bits per heavy atom. The van der Waals surface area contributed by atoms with Crippen LogP contribution in [-0.4, -0.2) is 17.0 Å². The monoisotopic (exact) mass is 255 g/mol. The van der Waals surface area contributed by atoms with Crippen molar-refractivity contribution in [3.8, 4) is 0 Å². The molecule has 2 unspecified atom stereocenters. The lowest BCUT2D eigenvalue weighted by Gasteiger charge is -2.05. The average Bonchev–Trinajstić information content (AvgIpc) is 3.10. The van der Waals surface area contributed by atoms with E-state index in [-0.39, 0.29) is 12.1 Å². The predicted molar refractivity (Wildman–Crippen MR) is 57.4 cm³/mol. The van der Waals surface area contributed by atoms with Gasteiger partial charge in [-0.3, -0.25) is 9.59 Å². The number of carboxylic acids is 1. The second-order valence-corrected chi connectivity index (χ2v) is 4.24. The molecule has 0 spiro atoms. The molecule has 0 saturated heterocycles. The van der Waals surface area contributed by atoms with Gasteiger partial charge in [-0.1, -0.05) is 0 Å². The summed E-state index contributed by atoms with van der Waals surface area (Å²) in [5, 5.41) is 11.1. The van der Waals surface area contributed by atoms with Crippen molar-refractivity contribution in [2.24, 2.45) is 11.8 Å². The van der Waals surface area contributed by atoms with Gasteiger partial charge in [-0.25, -0.2) is 8.78 Å². The molecule has 0 aliphatic heterocycles. The number of amides is 1. The first-order valence-electron chi connectivity index (χ1n) is 5.43. The fourth-order valence-corrected chi connectivity index (χ4v) is 1.75. The summed E-state index contributed by atoms with van der Waals surface area (Å²) in [4.78, 5) is 22.1. The van der Waals surface area contributed by atoms with Crippen LogP contribution >= 0.6 is 0 Å². The Morgan fingerprint density at radius 1 is 1.33 bits per heavy atom. The largest absolute Gasteiger partial charge is 0.481 e. The standard InChI is InChI=1S/C12H11F2NO3/c13-7-1-2-10(14)6(3-7)5-15-11(16)8-4-9(8)12(17)18/h1-3,8-9H,4-5H2,(H,15,16)(H,17,18). The van der Waals surface area contributed by atoms with Crippen LogP contribution in [0.3, 0.4) is 0 Å². The summed E-state index contributed by atoms with van der Waals surface area (Å²) in [7, 11) is 0. The SMILES string of the molecule is O=C(O)C1CC1C(=O)NCc1cc(F)ccc1F. The molecular formula is C12H11F2NO3. The maximum absolute atomic E-state index is 13.2. The summed E-state index contributed by atoms with van der Waals surface area (Å²) >= 11 is 0. The molecule has 2 rings (SSSR count). The van der Waals surface area contributed by atoms with Gasteiger partial charge in [-0.15, -0.1) is 0 Å². The number of carboxylic acid groups (broad SMARTS) is 1. The van der Waals surface area contributed by atoms with E-state index in [1.807, 2.05) is 0 Å². The maximum atomic E-state index is 13.2. The fourth-order valence-electron chi connectivity index (χ4n) is 1.75. The Hall–Kier alpha value is -1.98. The molecule has 0 heterocycles. The van der Waals surface area contributed by atoms with Crippen molar-refractivity contribution in [2.45, 2.75) is 13.0 Å². The zero-order chi connectivity index (χ0) is 13.3. The van der Waals surface area contributed by atoms with Crippen molar-refractivity contribution >= 4 is 11.9 Å². The summed E-state index contributed by atoms with van der Waals surface area (Å²) in [6.07, 6.45) is 0.298. The Bertz CT molecular complexity index is 504.